The highest BCUT2D eigenvalue weighted by Gasteiger charge is 2.40. The number of pyridine rings is 2. The summed E-state index contributed by atoms with van der Waals surface area (Å²) in [4.78, 5) is 20.9. The summed E-state index contributed by atoms with van der Waals surface area (Å²) in [5.74, 6) is -1.54. The van der Waals surface area contributed by atoms with E-state index in [1.54, 1.807) is 5.01 Å². The first-order chi connectivity index (χ1) is 17.0. The average Bonchev–Trinajstić information content (AvgIpc) is 2.84. The minimum Gasteiger partial charge on any atom is -0.267 e. The van der Waals surface area contributed by atoms with E-state index >= 15 is 0 Å². The van der Waals surface area contributed by atoms with Crippen LogP contribution in [-0.4, -0.2) is 35.8 Å². The molecule has 0 saturated carbocycles. The van der Waals surface area contributed by atoms with Crippen molar-refractivity contribution in [1.29, 1.82) is 0 Å². The molecule has 1 fully saturated rings. The summed E-state index contributed by atoms with van der Waals surface area (Å²) >= 11 is 0. The molecule has 1 saturated heterocycles. The van der Waals surface area contributed by atoms with Crippen LogP contribution in [0.1, 0.15) is 46.9 Å². The third-order valence-corrected chi connectivity index (χ3v) is 6.55. The molecule has 1 aliphatic rings. The smallest absolute Gasteiger partial charge is 0.267 e. The van der Waals surface area contributed by atoms with Crippen molar-refractivity contribution in [2.75, 3.05) is 11.6 Å². The number of nitrogens with two attached hydrogens (primary N) is 1. The Bertz CT molecular complexity index is 1370. The Morgan fingerprint density at radius 1 is 1.06 bits per heavy atom. The second kappa shape index (κ2) is 9.91. The van der Waals surface area contributed by atoms with Crippen molar-refractivity contribution in [3.63, 3.8) is 0 Å². The number of primary sulfonamides is 1. The lowest BCUT2D eigenvalue weighted by Crippen LogP contribution is -2.51. The molecule has 3 heterocycles. The van der Waals surface area contributed by atoms with Crippen molar-refractivity contribution in [2.24, 2.45) is 5.14 Å². The fraction of sp³-hybridized carbons (Fsp3) is 0.261. The zero-order valence-corrected chi connectivity index (χ0v) is 19.5. The zero-order chi connectivity index (χ0) is 26.1. The molecule has 3 aromatic rings. The van der Waals surface area contributed by atoms with Crippen LogP contribution in [0.2, 0.25) is 0 Å². The molecule has 1 atom stereocenters. The van der Waals surface area contributed by atoms with Gasteiger partial charge in [0, 0.05) is 25.0 Å². The lowest BCUT2D eigenvalue weighted by atomic mass is 9.96. The number of carbonyl (C=O) groups is 1. The van der Waals surface area contributed by atoms with Crippen molar-refractivity contribution in [2.45, 2.75) is 36.5 Å². The molecular formula is C23H21F4N5O3S. The highest BCUT2D eigenvalue weighted by molar-refractivity contribution is 7.89. The number of amides is 1. The van der Waals surface area contributed by atoms with E-state index in [9.17, 15) is 30.8 Å². The number of sulfonamides is 1. The molecule has 8 nitrogen and oxygen atoms in total. The Labute approximate surface area is 204 Å². The number of alkyl halides is 3. The maximum Gasteiger partial charge on any atom is 0.434 e. The molecule has 190 valence electrons. The first-order valence-electron chi connectivity index (χ1n) is 10.8. The molecule has 2 N–H and O–H groups in total. The second-order valence-corrected chi connectivity index (χ2v) is 9.65. The third-order valence-electron chi connectivity index (χ3n) is 5.74. The van der Waals surface area contributed by atoms with Crippen LogP contribution in [0, 0.1) is 5.82 Å². The summed E-state index contributed by atoms with van der Waals surface area (Å²) in [6, 6.07) is 9.59. The van der Waals surface area contributed by atoms with Gasteiger partial charge in [0.25, 0.3) is 15.9 Å². The molecule has 0 aliphatic carbocycles. The summed E-state index contributed by atoms with van der Waals surface area (Å²) in [5, 5.41) is 7.19. The lowest BCUT2D eigenvalue weighted by molar-refractivity contribution is -0.141. The van der Waals surface area contributed by atoms with Crippen LogP contribution in [0.15, 0.2) is 66.0 Å². The van der Waals surface area contributed by atoms with Gasteiger partial charge in [0.1, 0.15) is 5.82 Å². The normalized spacial score (nSPS) is 17.1. The number of halogens is 4. The number of nitrogens with zero attached hydrogens (tertiary/aromatic N) is 4. The van der Waals surface area contributed by atoms with E-state index in [0.717, 1.165) is 36.0 Å². The quantitative estimate of drug-likeness (QED) is 0.505. The summed E-state index contributed by atoms with van der Waals surface area (Å²) in [7, 11) is -4.28. The summed E-state index contributed by atoms with van der Waals surface area (Å²) in [6.07, 6.45) is -1.02. The molecular weight excluding hydrogens is 502 g/mol. The van der Waals surface area contributed by atoms with E-state index in [2.05, 4.69) is 9.97 Å². The van der Waals surface area contributed by atoms with Crippen LogP contribution in [0.5, 0.6) is 0 Å². The van der Waals surface area contributed by atoms with E-state index in [4.69, 9.17) is 5.14 Å². The molecule has 36 heavy (non-hydrogen) atoms. The van der Waals surface area contributed by atoms with Crippen LogP contribution in [0.25, 0.3) is 0 Å². The fourth-order valence-electron chi connectivity index (χ4n) is 4.17. The van der Waals surface area contributed by atoms with Gasteiger partial charge in [-0.1, -0.05) is 18.6 Å². The number of hydrogen-bond donors (Lipinski definition) is 1. The number of hydrazine groups is 1. The average molecular weight is 524 g/mol. The Kier molecular flexibility index (Phi) is 7.07. The van der Waals surface area contributed by atoms with Crippen molar-refractivity contribution >= 4 is 21.6 Å². The van der Waals surface area contributed by atoms with E-state index in [1.165, 1.54) is 36.4 Å². The van der Waals surface area contributed by atoms with Gasteiger partial charge in [0.15, 0.2) is 10.7 Å². The number of carbonyl (C=O) groups excluding carboxylic acids is 1. The number of hydrogen-bond acceptors (Lipinski definition) is 6. The topological polar surface area (TPSA) is 109 Å². The van der Waals surface area contributed by atoms with Crippen molar-refractivity contribution in [1.82, 2.24) is 15.0 Å². The number of piperidine rings is 1. The monoisotopic (exact) mass is 523 g/mol. The summed E-state index contributed by atoms with van der Waals surface area (Å²) in [6.45, 7) is 0.252. The van der Waals surface area contributed by atoms with Crippen LogP contribution < -0.4 is 10.1 Å². The zero-order valence-electron chi connectivity index (χ0n) is 18.7. The lowest BCUT2D eigenvalue weighted by Gasteiger charge is -2.43. The highest BCUT2D eigenvalue weighted by Crippen LogP contribution is 2.37. The molecule has 1 aliphatic heterocycles. The predicted molar refractivity (Wildman–Crippen MR) is 121 cm³/mol. The van der Waals surface area contributed by atoms with Gasteiger partial charge in [-0.05, 0) is 48.7 Å². The van der Waals surface area contributed by atoms with Gasteiger partial charge in [0.2, 0.25) is 0 Å². The predicted octanol–water partition coefficient (Wildman–Crippen LogP) is 4.07. The molecule has 0 radical (unpaired) electrons. The number of rotatable bonds is 5. The maximum absolute atomic E-state index is 13.8. The van der Waals surface area contributed by atoms with E-state index in [-0.39, 0.29) is 12.2 Å². The molecule has 0 bridgehead atoms. The highest BCUT2D eigenvalue weighted by atomic mass is 32.2. The molecule has 1 amide bonds. The van der Waals surface area contributed by atoms with Crippen molar-refractivity contribution < 1.29 is 30.8 Å². The van der Waals surface area contributed by atoms with Crippen LogP contribution in [0.3, 0.4) is 0 Å². The van der Waals surface area contributed by atoms with Gasteiger partial charge < -0.3 is 0 Å². The Morgan fingerprint density at radius 2 is 1.78 bits per heavy atom. The molecule has 13 heteroatoms. The van der Waals surface area contributed by atoms with Gasteiger partial charge in [0.05, 0.1) is 17.3 Å². The van der Waals surface area contributed by atoms with Gasteiger partial charge in [-0.3, -0.25) is 9.78 Å². The maximum atomic E-state index is 13.8. The van der Waals surface area contributed by atoms with Crippen molar-refractivity contribution in [3.05, 3.63) is 83.6 Å². The first-order valence-corrected chi connectivity index (χ1v) is 12.4. The Balaban J connectivity index is 1.89. The molecule has 1 aromatic carbocycles. The largest absolute Gasteiger partial charge is 0.434 e. The number of benzene rings is 1. The van der Waals surface area contributed by atoms with Crippen molar-refractivity contribution in [3.8, 4) is 0 Å². The first kappa shape index (κ1) is 25.7. The fourth-order valence-corrected chi connectivity index (χ4v) is 4.66. The van der Waals surface area contributed by atoms with Crippen LogP contribution in [-0.2, 0) is 16.2 Å². The van der Waals surface area contributed by atoms with E-state index in [0.29, 0.717) is 18.4 Å². The molecule has 0 spiro atoms. The molecule has 4 rings (SSSR count). The Hall–Kier alpha value is -3.42. The molecule has 1 unspecified atom stereocenters. The summed E-state index contributed by atoms with van der Waals surface area (Å²) in [5.41, 5.74) is -1.51. The molecule has 2 aromatic heterocycles. The Morgan fingerprint density at radius 3 is 2.44 bits per heavy atom. The SMILES string of the molecule is NS(=O)(=O)c1cc(N(C(=O)c2cccnc2C(F)(F)F)N2CCCCC2c2ccc(F)cc2)ccn1. The third kappa shape index (κ3) is 5.37. The van der Waals surface area contributed by atoms with E-state index in [1.807, 2.05) is 0 Å². The van der Waals surface area contributed by atoms with Gasteiger partial charge >= 0.3 is 6.18 Å². The van der Waals surface area contributed by atoms with Crippen LogP contribution >= 0.6 is 0 Å². The minimum absolute atomic E-state index is 0.0509. The summed E-state index contributed by atoms with van der Waals surface area (Å²) < 4.78 is 78.6. The van der Waals surface area contributed by atoms with Gasteiger partial charge in [-0.2, -0.15) is 13.2 Å². The van der Waals surface area contributed by atoms with E-state index < -0.39 is 50.2 Å². The van der Waals surface area contributed by atoms with Crippen LogP contribution in [0.4, 0.5) is 23.2 Å². The van der Waals surface area contributed by atoms with Gasteiger partial charge in [-0.15, -0.1) is 0 Å². The second-order valence-electron chi connectivity index (χ2n) is 8.14. The standard InChI is InChI=1S/C23H21F4N5O3S/c24-16-8-6-15(7-9-16)19-5-1-2-13-31(19)32(17-10-12-29-20(14-17)36(28,34)35)22(33)18-4-3-11-30-21(18)23(25,26)27/h3-4,6-12,14,19H,1-2,5,13H2,(H2,28,34,35). The number of anilines is 1. The minimum atomic E-state index is -4.92. The van der Waals surface area contributed by atoms with Gasteiger partial charge in [-0.25, -0.2) is 32.9 Å². The number of aromatic nitrogens is 2.